The van der Waals surface area contributed by atoms with Gasteiger partial charge < -0.3 is 18.9 Å². The van der Waals surface area contributed by atoms with Crippen molar-refractivity contribution in [2.45, 2.75) is 103 Å². The molecule has 0 heterocycles. The zero-order chi connectivity index (χ0) is 23.9. The molecule has 1 amide bonds. The smallest absolute Gasteiger partial charge is 0.410 e. The summed E-state index contributed by atoms with van der Waals surface area (Å²) in [6.45, 7) is 16.8. The molecule has 0 aromatic heterocycles. The van der Waals surface area contributed by atoms with Crippen LogP contribution < -0.4 is 0 Å². The van der Waals surface area contributed by atoms with Crippen LogP contribution in [0.1, 0.15) is 78.9 Å². The van der Waals surface area contributed by atoms with Gasteiger partial charge in [0.05, 0.1) is 6.10 Å². The van der Waals surface area contributed by atoms with Crippen molar-refractivity contribution in [1.29, 1.82) is 0 Å². The molecule has 0 aliphatic heterocycles. The van der Waals surface area contributed by atoms with Crippen LogP contribution in [0, 0.1) is 0 Å². The summed E-state index contributed by atoms with van der Waals surface area (Å²) < 4.78 is 12.5. The van der Waals surface area contributed by atoms with Crippen LogP contribution >= 0.6 is 0 Å². The Bertz CT molecular complexity index is 692. The SMILES string of the molecule is CN(C(=O)OC(C)(C)C)[C@@H](CCCC=O)C[C@H](O[Si](C)(C)C(C)(C)C)c1ccccc1. The third-order valence-corrected chi connectivity index (χ3v) is 10.5. The summed E-state index contributed by atoms with van der Waals surface area (Å²) in [4.78, 5) is 25.4. The molecular weight excluding hydrogens is 406 g/mol. The lowest BCUT2D eigenvalue weighted by Gasteiger charge is -2.41. The average molecular weight is 450 g/mol. The lowest BCUT2D eigenvalue weighted by Crippen LogP contribution is -2.45. The number of unbranched alkanes of at least 4 members (excludes halogenated alkanes) is 1. The van der Waals surface area contributed by atoms with E-state index in [0.717, 1.165) is 24.7 Å². The van der Waals surface area contributed by atoms with Crippen LogP contribution in [0.25, 0.3) is 0 Å². The van der Waals surface area contributed by atoms with E-state index in [1.54, 1.807) is 11.9 Å². The standard InChI is InChI=1S/C25H43NO4Si/c1-24(2,3)29-23(28)26(7)21(17-13-14-18-27)19-22(20-15-11-10-12-16-20)30-31(8,9)25(4,5)6/h10-12,15-16,18,21-22H,13-14,17,19H2,1-9H3/t21-,22-/m0/s1. The van der Waals surface area contributed by atoms with E-state index in [1.807, 2.05) is 39.0 Å². The minimum atomic E-state index is -2.05. The van der Waals surface area contributed by atoms with Gasteiger partial charge in [0.15, 0.2) is 8.32 Å². The quantitative estimate of drug-likeness (QED) is 0.225. The summed E-state index contributed by atoms with van der Waals surface area (Å²) in [5, 5.41) is 0.0735. The Hall–Kier alpha value is -1.66. The monoisotopic (exact) mass is 449 g/mol. The van der Waals surface area contributed by atoms with Gasteiger partial charge in [0.1, 0.15) is 11.9 Å². The van der Waals surface area contributed by atoms with E-state index >= 15 is 0 Å². The average Bonchev–Trinajstić information content (AvgIpc) is 2.64. The normalized spacial score (nSPS) is 14.6. The van der Waals surface area contributed by atoms with Crippen molar-refractivity contribution < 1.29 is 18.8 Å². The van der Waals surface area contributed by atoms with Crippen LogP contribution in [-0.2, 0) is 14.0 Å². The molecule has 0 radical (unpaired) electrons. The first-order chi connectivity index (χ1) is 14.2. The van der Waals surface area contributed by atoms with Crippen LogP contribution in [0.5, 0.6) is 0 Å². The van der Waals surface area contributed by atoms with Crippen LogP contribution in [0.4, 0.5) is 4.79 Å². The van der Waals surface area contributed by atoms with Gasteiger partial charge in [-0.2, -0.15) is 0 Å². The first-order valence-electron chi connectivity index (χ1n) is 11.3. The number of hydrogen-bond donors (Lipinski definition) is 0. The van der Waals surface area contributed by atoms with Gasteiger partial charge in [-0.05, 0) is 63.7 Å². The highest BCUT2D eigenvalue weighted by atomic mass is 28.4. The molecule has 2 atom stereocenters. The molecule has 0 aliphatic carbocycles. The predicted molar refractivity (Wildman–Crippen MR) is 130 cm³/mol. The van der Waals surface area contributed by atoms with E-state index in [-0.39, 0.29) is 23.3 Å². The second-order valence-electron chi connectivity index (χ2n) is 10.9. The van der Waals surface area contributed by atoms with Crippen molar-refractivity contribution >= 4 is 20.7 Å². The van der Waals surface area contributed by atoms with Crippen LogP contribution in [0.2, 0.25) is 18.1 Å². The minimum absolute atomic E-state index is 0.0735. The number of ether oxygens (including phenoxy) is 1. The number of nitrogens with zero attached hydrogens (tertiary/aromatic N) is 1. The molecule has 0 bridgehead atoms. The Morgan fingerprint density at radius 2 is 1.68 bits per heavy atom. The number of hydrogen-bond acceptors (Lipinski definition) is 4. The third kappa shape index (κ3) is 9.15. The van der Waals surface area contributed by atoms with Crippen LogP contribution in [0.15, 0.2) is 30.3 Å². The number of carbonyl (C=O) groups is 2. The Morgan fingerprint density at radius 1 is 1.10 bits per heavy atom. The summed E-state index contributed by atoms with van der Waals surface area (Å²) in [5.74, 6) is 0. The molecule has 0 aliphatic rings. The fourth-order valence-corrected chi connectivity index (χ4v) is 4.39. The molecule has 0 saturated heterocycles. The maximum Gasteiger partial charge on any atom is 0.410 e. The van der Waals surface area contributed by atoms with Crippen molar-refractivity contribution in [2.75, 3.05) is 7.05 Å². The Kier molecular flexibility index (Phi) is 9.96. The molecule has 0 unspecified atom stereocenters. The van der Waals surface area contributed by atoms with Crippen LogP contribution in [0.3, 0.4) is 0 Å². The summed E-state index contributed by atoms with van der Waals surface area (Å²) in [6, 6.07) is 10.1. The number of carbonyl (C=O) groups excluding carboxylic acids is 2. The first kappa shape index (κ1) is 27.4. The highest BCUT2D eigenvalue weighted by molar-refractivity contribution is 6.74. The first-order valence-corrected chi connectivity index (χ1v) is 14.2. The molecule has 176 valence electrons. The van der Waals surface area contributed by atoms with Crippen LogP contribution in [-0.4, -0.2) is 44.3 Å². The molecule has 0 N–H and O–H groups in total. The molecular formula is C25H43NO4Si. The number of benzene rings is 1. The van der Waals surface area contributed by atoms with Gasteiger partial charge in [0, 0.05) is 19.5 Å². The molecule has 6 heteroatoms. The van der Waals surface area contributed by atoms with Gasteiger partial charge in [-0.1, -0.05) is 51.1 Å². The van der Waals surface area contributed by atoms with Crippen molar-refractivity contribution in [1.82, 2.24) is 4.90 Å². The van der Waals surface area contributed by atoms with E-state index in [9.17, 15) is 9.59 Å². The molecule has 5 nitrogen and oxygen atoms in total. The van der Waals surface area contributed by atoms with Crippen molar-refractivity contribution in [3.8, 4) is 0 Å². The van der Waals surface area contributed by atoms with Gasteiger partial charge >= 0.3 is 6.09 Å². The van der Waals surface area contributed by atoms with Gasteiger partial charge in [0.2, 0.25) is 0 Å². The fourth-order valence-electron chi connectivity index (χ4n) is 3.09. The van der Waals surface area contributed by atoms with E-state index in [2.05, 4.69) is 46.0 Å². The molecule has 1 rings (SSSR count). The molecule has 1 aromatic rings. The van der Waals surface area contributed by atoms with Gasteiger partial charge in [-0.15, -0.1) is 0 Å². The summed E-state index contributed by atoms with van der Waals surface area (Å²) in [5.41, 5.74) is 0.556. The number of rotatable bonds is 10. The fraction of sp³-hybridized carbons (Fsp3) is 0.680. The summed E-state index contributed by atoms with van der Waals surface area (Å²) >= 11 is 0. The third-order valence-electron chi connectivity index (χ3n) is 5.99. The molecule has 0 saturated carbocycles. The van der Waals surface area contributed by atoms with Crippen molar-refractivity contribution in [3.63, 3.8) is 0 Å². The lowest BCUT2D eigenvalue weighted by molar-refractivity contribution is -0.108. The zero-order valence-corrected chi connectivity index (χ0v) is 22.0. The van der Waals surface area contributed by atoms with Crippen molar-refractivity contribution in [3.05, 3.63) is 35.9 Å². The molecule has 0 fully saturated rings. The number of amides is 1. The predicted octanol–water partition coefficient (Wildman–Crippen LogP) is 6.74. The molecule has 0 spiro atoms. The van der Waals surface area contributed by atoms with E-state index < -0.39 is 13.9 Å². The highest BCUT2D eigenvalue weighted by Gasteiger charge is 2.40. The van der Waals surface area contributed by atoms with Crippen molar-refractivity contribution in [2.24, 2.45) is 0 Å². The topological polar surface area (TPSA) is 55.8 Å². The Balaban J connectivity index is 3.19. The highest BCUT2D eigenvalue weighted by Crippen LogP contribution is 2.41. The number of aldehydes is 1. The minimum Gasteiger partial charge on any atom is -0.444 e. The second kappa shape index (κ2) is 11.3. The van der Waals surface area contributed by atoms with Gasteiger partial charge in [0.25, 0.3) is 0 Å². The molecule has 1 aromatic carbocycles. The maximum absolute atomic E-state index is 12.8. The van der Waals surface area contributed by atoms with E-state index in [1.165, 1.54) is 0 Å². The largest absolute Gasteiger partial charge is 0.444 e. The van der Waals surface area contributed by atoms with E-state index in [4.69, 9.17) is 9.16 Å². The van der Waals surface area contributed by atoms with Gasteiger partial charge in [-0.25, -0.2) is 4.79 Å². The lowest BCUT2D eigenvalue weighted by atomic mass is 9.97. The zero-order valence-electron chi connectivity index (χ0n) is 21.0. The van der Waals surface area contributed by atoms with E-state index in [0.29, 0.717) is 12.8 Å². The maximum atomic E-state index is 12.8. The van der Waals surface area contributed by atoms with Gasteiger partial charge in [-0.3, -0.25) is 0 Å². The second-order valence-corrected chi connectivity index (χ2v) is 15.6. The summed E-state index contributed by atoms with van der Waals surface area (Å²) in [6.07, 6.45) is 3.05. The Morgan fingerprint density at radius 3 is 2.16 bits per heavy atom. The summed E-state index contributed by atoms with van der Waals surface area (Å²) in [7, 11) is -0.261. The Labute approximate surface area is 190 Å². The molecule has 31 heavy (non-hydrogen) atoms.